The average Bonchev–Trinajstić information content (AvgIpc) is 3.52. The quantitative estimate of drug-likeness (QED) is 0.228. The Kier molecular flexibility index (Phi) is 8.40. The molecule has 2 heterocycles. The minimum absolute atomic E-state index is 0.0432. The van der Waals surface area contributed by atoms with Crippen LogP contribution in [0.1, 0.15) is 96.6 Å². The summed E-state index contributed by atoms with van der Waals surface area (Å²) in [5, 5.41) is 0. The SMILES string of the molecule is Cc1ccc(S(=O)(=O)OC2CC[C@@]3(C)C(=CCC4C5CC6OC7(CCC(C)CN7S(=O)(=O)c7ccc(C)cc7)[C@H](C)C6[C@@]5(C)CCC43)C2)cc1. The Morgan fingerprint density at radius 1 is 0.820 bits per heavy atom. The van der Waals surface area contributed by atoms with E-state index in [1.807, 2.05) is 38.1 Å². The Hall–Kier alpha value is -2.04. The van der Waals surface area contributed by atoms with Crippen LogP contribution in [-0.4, -0.2) is 45.6 Å². The van der Waals surface area contributed by atoms with Crippen molar-refractivity contribution in [2.75, 3.05) is 6.54 Å². The second-order valence-electron chi connectivity index (χ2n) is 17.6. The number of ether oxygens (including phenoxy) is 1. The Balaban J connectivity index is 1.03. The molecule has 2 aromatic carbocycles. The van der Waals surface area contributed by atoms with Crippen molar-refractivity contribution in [3.8, 4) is 0 Å². The number of benzene rings is 2. The number of hydrogen-bond acceptors (Lipinski definition) is 6. The van der Waals surface area contributed by atoms with Crippen molar-refractivity contribution in [1.82, 2.24) is 4.31 Å². The molecule has 50 heavy (non-hydrogen) atoms. The Morgan fingerprint density at radius 2 is 1.48 bits per heavy atom. The molecule has 4 aliphatic carbocycles. The molecule has 0 amide bonds. The molecule has 272 valence electrons. The molecule has 1 spiro atoms. The minimum atomic E-state index is -3.82. The zero-order chi connectivity index (χ0) is 35.4. The number of rotatable bonds is 5. The van der Waals surface area contributed by atoms with Crippen LogP contribution in [0.25, 0.3) is 0 Å². The number of piperidine rings is 1. The fraction of sp³-hybridized carbons (Fsp3) is 0.659. The lowest BCUT2D eigenvalue weighted by atomic mass is 9.47. The van der Waals surface area contributed by atoms with Gasteiger partial charge in [0.25, 0.3) is 10.1 Å². The summed E-state index contributed by atoms with van der Waals surface area (Å²) in [5.74, 6) is 2.31. The number of sulfonamides is 1. The fourth-order valence-electron chi connectivity index (χ4n) is 12.2. The molecule has 0 radical (unpaired) electrons. The zero-order valence-electron chi connectivity index (χ0n) is 30.6. The normalized spacial score (nSPS) is 41.6. The van der Waals surface area contributed by atoms with Crippen molar-refractivity contribution in [3.63, 3.8) is 0 Å². The summed E-state index contributed by atoms with van der Waals surface area (Å²) in [6.07, 6.45) is 10.5. The van der Waals surface area contributed by atoms with Gasteiger partial charge in [0.2, 0.25) is 10.0 Å². The maximum atomic E-state index is 14.4. The van der Waals surface area contributed by atoms with Crippen molar-refractivity contribution >= 4 is 20.1 Å². The summed E-state index contributed by atoms with van der Waals surface area (Å²) in [6, 6.07) is 14.2. The highest BCUT2D eigenvalue weighted by Crippen LogP contribution is 2.71. The Bertz CT molecular complexity index is 1890. The van der Waals surface area contributed by atoms with E-state index in [0.717, 1.165) is 62.5 Å². The van der Waals surface area contributed by atoms with Crippen LogP contribution in [-0.2, 0) is 29.1 Å². The van der Waals surface area contributed by atoms with Crippen LogP contribution < -0.4 is 0 Å². The molecule has 0 N–H and O–H groups in total. The molecule has 11 atom stereocenters. The first kappa shape index (κ1) is 35.0. The molecule has 7 nitrogen and oxygen atoms in total. The topological polar surface area (TPSA) is 90.0 Å². The Morgan fingerprint density at radius 3 is 2.16 bits per heavy atom. The minimum Gasteiger partial charge on any atom is -0.356 e. The van der Waals surface area contributed by atoms with Crippen molar-refractivity contribution in [2.24, 2.45) is 46.3 Å². The molecule has 0 bridgehead atoms. The van der Waals surface area contributed by atoms with Gasteiger partial charge in [0.1, 0.15) is 5.72 Å². The summed E-state index contributed by atoms with van der Waals surface area (Å²) in [7, 11) is -7.56. The van der Waals surface area contributed by atoms with E-state index in [-0.39, 0.29) is 39.8 Å². The van der Waals surface area contributed by atoms with E-state index in [1.54, 1.807) is 28.6 Å². The van der Waals surface area contributed by atoms with Gasteiger partial charge in [-0.05, 0) is 136 Å². The summed E-state index contributed by atoms with van der Waals surface area (Å²) in [6.45, 7) is 13.8. The molecule has 8 rings (SSSR count). The van der Waals surface area contributed by atoms with E-state index in [0.29, 0.717) is 41.5 Å². The van der Waals surface area contributed by atoms with Crippen LogP contribution in [0.4, 0.5) is 0 Å². The first-order valence-corrected chi connectivity index (χ1v) is 21.9. The highest BCUT2D eigenvalue weighted by molar-refractivity contribution is 7.89. The van der Waals surface area contributed by atoms with E-state index < -0.39 is 25.9 Å². The van der Waals surface area contributed by atoms with Gasteiger partial charge < -0.3 is 4.74 Å². The van der Waals surface area contributed by atoms with Crippen molar-refractivity contribution in [3.05, 3.63) is 71.3 Å². The van der Waals surface area contributed by atoms with Gasteiger partial charge in [-0.2, -0.15) is 12.7 Å². The van der Waals surface area contributed by atoms with Crippen molar-refractivity contribution < 1.29 is 25.8 Å². The van der Waals surface area contributed by atoms with Crippen molar-refractivity contribution in [1.29, 1.82) is 0 Å². The van der Waals surface area contributed by atoms with Gasteiger partial charge in [-0.15, -0.1) is 0 Å². The van der Waals surface area contributed by atoms with Gasteiger partial charge in [0, 0.05) is 12.5 Å². The van der Waals surface area contributed by atoms with Gasteiger partial charge in [-0.3, -0.25) is 4.18 Å². The van der Waals surface area contributed by atoms with Crippen molar-refractivity contribution in [2.45, 2.75) is 127 Å². The molecule has 2 saturated heterocycles. The third-order valence-electron chi connectivity index (χ3n) is 14.8. The van der Waals surface area contributed by atoms with Crippen LogP contribution in [0, 0.1) is 60.2 Å². The predicted molar refractivity (Wildman–Crippen MR) is 194 cm³/mol. The Labute approximate surface area is 300 Å². The molecule has 0 aromatic heterocycles. The summed E-state index contributed by atoms with van der Waals surface area (Å²) < 4.78 is 70.0. The van der Waals surface area contributed by atoms with Crippen LogP contribution in [0.2, 0.25) is 0 Å². The van der Waals surface area contributed by atoms with E-state index in [9.17, 15) is 16.8 Å². The maximum Gasteiger partial charge on any atom is 0.297 e. The first-order chi connectivity index (χ1) is 23.6. The molecule has 9 heteroatoms. The van der Waals surface area contributed by atoms with Gasteiger partial charge in [0.15, 0.2) is 0 Å². The molecule has 2 aliphatic heterocycles. The number of fused-ring (bicyclic) bond motifs is 7. The molecule has 3 saturated carbocycles. The number of aryl methyl sites for hydroxylation is 2. The molecule has 6 aliphatic rings. The maximum absolute atomic E-state index is 14.4. The fourth-order valence-corrected chi connectivity index (χ4v) is 15.2. The third kappa shape index (κ3) is 5.26. The predicted octanol–water partition coefficient (Wildman–Crippen LogP) is 8.42. The highest BCUT2D eigenvalue weighted by atomic mass is 32.2. The van der Waals surface area contributed by atoms with Gasteiger partial charge in [-0.1, -0.05) is 74.7 Å². The smallest absolute Gasteiger partial charge is 0.297 e. The summed E-state index contributed by atoms with van der Waals surface area (Å²) in [4.78, 5) is 0.587. The van der Waals surface area contributed by atoms with E-state index in [2.05, 4.69) is 33.8 Å². The highest BCUT2D eigenvalue weighted by Gasteiger charge is 2.70. The van der Waals surface area contributed by atoms with E-state index in [1.165, 1.54) is 5.57 Å². The largest absolute Gasteiger partial charge is 0.356 e. The lowest BCUT2D eigenvalue weighted by Gasteiger charge is -2.59. The van der Waals surface area contributed by atoms with Crippen LogP contribution in [0.3, 0.4) is 0 Å². The van der Waals surface area contributed by atoms with Crippen LogP contribution in [0.15, 0.2) is 70.0 Å². The zero-order valence-corrected chi connectivity index (χ0v) is 32.2. The van der Waals surface area contributed by atoms with E-state index in [4.69, 9.17) is 8.92 Å². The van der Waals surface area contributed by atoms with Crippen LogP contribution in [0.5, 0.6) is 0 Å². The number of allylic oxidation sites excluding steroid dienone is 1. The molecule has 5 fully saturated rings. The summed E-state index contributed by atoms with van der Waals surface area (Å²) >= 11 is 0. The number of nitrogens with zero attached hydrogens (tertiary/aromatic N) is 1. The molecule has 8 unspecified atom stereocenters. The third-order valence-corrected chi connectivity index (χ3v) is 18.1. The van der Waals surface area contributed by atoms with Gasteiger partial charge in [-0.25, -0.2) is 8.42 Å². The van der Waals surface area contributed by atoms with E-state index >= 15 is 0 Å². The lowest BCUT2D eigenvalue weighted by molar-refractivity contribution is -0.161. The standard InChI is InChI=1S/C41H55NO6S2/c1-26-7-12-32(13-8-26)49(43,44)42-25-28(3)17-22-41(42)29(4)38-37(47-41)24-36-34-16-11-30-23-31(48-50(45,46)33-14-9-27(2)10-15-33)18-20-39(30,5)35(34)19-21-40(36,38)6/h7-15,28-29,31,34-38H,16-25H2,1-6H3/t28?,29-,31?,34?,35?,36?,37?,38?,39+,40+,41?/m1/s1. The first-order valence-electron chi connectivity index (χ1n) is 19.1. The lowest BCUT2D eigenvalue weighted by Crippen LogP contribution is -2.60. The molecular formula is C41H55NO6S2. The molecule has 2 aromatic rings. The molecular weight excluding hydrogens is 667 g/mol. The average molecular weight is 722 g/mol. The second-order valence-corrected chi connectivity index (χ2v) is 21.0. The number of hydrogen-bond donors (Lipinski definition) is 0. The van der Waals surface area contributed by atoms with Gasteiger partial charge in [0.05, 0.1) is 22.0 Å². The monoisotopic (exact) mass is 721 g/mol. The second kappa shape index (κ2) is 12.0. The summed E-state index contributed by atoms with van der Waals surface area (Å²) in [5.41, 5.74) is 2.77. The van der Waals surface area contributed by atoms with Crippen LogP contribution >= 0.6 is 0 Å². The van der Waals surface area contributed by atoms with Gasteiger partial charge >= 0.3 is 0 Å².